The highest BCUT2D eigenvalue weighted by molar-refractivity contribution is 5.94. The van der Waals surface area contributed by atoms with Crippen molar-refractivity contribution in [2.75, 3.05) is 7.11 Å². The second-order valence-corrected chi connectivity index (χ2v) is 3.99. The molecule has 1 aromatic carbocycles. The number of ether oxygens (including phenoxy) is 1. The monoisotopic (exact) mass is 241 g/mol. The van der Waals surface area contributed by atoms with Crippen LogP contribution in [0.3, 0.4) is 0 Å². The number of methoxy groups -OCH3 is 1. The lowest BCUT2D eigenvalue weighted by Gasteiger charge is -2.03. The van der Waals surface area contributed by atoms with Crippen molar-refractivity contribution >= 4 is 5.78 Å². The summed E-state index contributed by atoms with van der Waals surface area (Å²) >= 11 is 0. The summed E-state index contributed by atoms with van der Waals surface area (Å²) in [6.45, 7) is 0. The summed E-state index contributed by atoms with van der Waals surface area (Å²) in [5.41, 5.74) is 1.66. The Morgan fingerprint density at radius 3 is 2.56 bits per heavy atom. The smallest absolute Gasteiger partial charge is 0.181 e. The Balaban J connectivity index is 1.93. The normalized spacial score (nSPS) is 10.1. The predicted octanol–water partition coefficient (Wildman–Crippen LogP) is 2.91. The number of rotatable bonds is 5. The van der Waals surface area contributed by atoms with Crippen LogP contribution in [0.4, 0.5) is 0 Å². The van der Waals surface area contributed by atoms with Crippen LogP contribution in [0.5, 0.6) is 5.75 Å². The Hall–Kier alpha value is -2.16. The quantitative estimate of drug-likeness (QED) is 0.755. The van der Waals surface area contributed by atoms with E-state index < -0.39 is 0 Å². The molecule has 3 nitrogen and oxygen atoms in total. The van der Waals surface area contributed by atoms with E-state index in [1.807, 2.05) is 30.3 Å². The molecule has 2 aromatic rings. The highest BCUT2D eigenvalue weighted by Gasteiger charge is 2.06. The van der Waals surface area contributed by atoms with E-state index in [4.69, 9.17) is 4.74 Å². The highest BCUT2D eigenvalue weighted by atomic mass is 16.5. The van der Waals surface area contributed by atoms with Gasteiger partial charge in [-0.15, -0.1) is 0 Å². The number of hydrogen-bond acceptors (Lipinski definition) is 3. The number of benzene rings is 1. The van der Waals surface area contributed by atoms with E-state index in [1.165, 1.54) is 0 Å². The standard InChI is InChI=1S/C15H15NO2/c1-18-13-8-5-12(6-9-13)7-10-15(17)14-4-2-3-11-16-14/h2-6,8-9,11H,7,10H2,1H3. The average molecular weight is 241 g/mol. The van der Waals surface area contributed by atoms with Gasteiger partial charge in [0.05, 0.1) is 7.11 Å². The second kappa shape index (κ2) is 5.96. The molecule has 0 bridgehead atoms. The SMILES string of the molecule is COc1ccc(CCC(=O)c2ccccn2)cc1. The Kier molecular flexibility index (Phi) is 4.07. The summed E-state index contributed by atoms with van der Waals surface area (Å²) in [5, 5.41) is 0. The second-order valence-electron chi connectivity index (χ2n) is 3.99. The van der Waals surface area contributed by atoms with E-state index >= 15 is 0 Å². The van der Waals surface area contributed by atoms with Crippen LogP contribution in [-0.2, 0) is 6.42 Å². The van der Waals surface area contributed by atoms with Gasteiger partial charge in [-0.25, -0.2) is 0 Å². The molecule has 0 saturated carbocycles. The van der Waals surface area contributed by atoms with Gasteiger partial charge in [-0.05, 0) is 36.2 Å². The summed E-state index contributed by atoms with van der Waals surface area (Å²) in [6.07, 6.45) is 2.84. The molecule has 0 aliphatic carbocycles. The van der Waals surface area contributed by atoms with Gasteiger partial charge in [0.15, 0.2) is 5.78 Å². The Labute approximate surface area is 106 Å². The van der Waals surface area contributed by atoms with Gasteiger partial charge in [0, 0.05) is 12.6 Å². The van der Waals surface area contributed by atoms with Gasteiger partial charge in [-0.3, -0.25) is 9.78 Å². The van der Waals surface area contributed by atoms with Crippen molar-refractivity contribution in [1.82, 2.24) is 4.98 Å². The van der Waals surface area contributed by atoms with Gasteiger partial charge >= 0.3 is 0 Å². The summed E-state index contributed by atoms with van der Waals surface area (Å²) in [6, 6.07) is 13.1. The highest BCUT2D eigenvalue weighted by Crippen LogP contribution is 2.13. The van der Waals surface area contributed by atoms with Crippen molar-refractivity contribution in [2.24, 2.45) is 0 Å². The maximum absolute atomic E-state index is 11.9. The molecule has 0 radical (unpaired) electrons. The van der Waals surface area contributed by atoms with Gasteiger partial charge < -0.3 is 4.74 Å². The van der Waals surface area contributed by atoms with Gasteiger partial charge in [-0.1, -0.05) is 18.2 Å². The molecule has 0 N–H and O–H groups in total. The van der Waals surface area contributed by atoms with Crippen molar-refractivity contribution in [3.05, 3.63) is 59.9 Å². The summed E-state index contributed by atoms with van der Waals surface area (Å²) in [5.74, 6) is 0.904. The molecule has 0 spiro atoms. The number of pyridine rings is 1. The van der Waals surface area contributed by atoms with Crippen molar-refractivity contribution in [1.29, 1.82) is 0 Å². The molecule has 0 fully saturated rings. The third-order valence-electron chi connectivity index (χ3n) is 2.75. The molecule has 18 heavy (non-hydrogen) atoms. The molecule has 1 aromatic heterocycles. The Morgan fingerprint density at radius 2 is 1.94 bits per heavy atom. The Bertz CT molecular complexity index is 506. The summed E-state index contributed by atoms with van der Waals surface area (Å²) in [4.78, 5) is 15.9. The van der Waals surface area contributed by atoms with Crippen LogP contribution in [0, 0.1) is 0 Å². The molecule has 1 heterocycles. The average Bonchev–Trinajstić information content (AvgIpc) is 2.46. The van der Waals surface area contributed by atoms with E-state index in [-0.39, 0.29) is 5.78 Å². The molecule has 0 saturated heterocycles. The van der Waals surface area contributed by atoms with Crippen LogP contribution in [0.2, 0.25) is 0 Å². The lowest BCUT2D eigenvalue weighted by atomic mass is 10.1. The fraction of sp³-hybridized carbons (Fsp3) is 0.200. The lowest BCUT2D eigenvalue weighted by molar-refractivity contribution is 0.0978. The minimum atomic E-state index is 0.0754. The summed E-state index contributed by atoms with van der Waals surface area (Å²) in [7, 11) is 1.64. The molecule has 3 heteroatoms. The summed E-state index contributed by atoms with van der Waals surface area (Å²) < 4.78 is 5.09. The lowest BCUT2D eigenvalue weighted by Crippen LogP contribution is -2.03. The number of aromatic nitrogens is 1. The molecule has 0 aliphatic heterocycles. The minimum Gasteiger partial charge on any atom is -0.497 e. The third-order valence-corrected chi connectivity index (χ3v) is 2.75. The zero-order chi connectivity index (χ0) is 12.8. The zero-order valence-electron chi connectivity index (χ0n) is 10.3. The van der Waals surface area contributed by atoms with Crippen LogP contribution in [0.1, 0.15) is 22.5 Å². The van der Waals surface area contributed by atoms with Crippen molar-refractivity contribution < 1.29 is 9.53 Å². The maximum atomic E-state index is 11.9. The number of hydrogen-bond donors (Lipinski definition) is 0. The van der Waals surface area contributed by atoms with E-state index in [1.54, 1.807) is 25.4 Å². The number of carbonyl (C=O) groups is 1. The molecule has 0 amide bonds. The van der Waals surface area contributed by atoms with Gasteiger partial charge in [0.1, 0.15) is 11.4 Å². The maximum Gasteiger partial charge on any atom is 0.181 e. The minimum absolute atomic E-state index is 0.0754. The number of nitrogens with zero attached hydrogens (tertiary/aromatic N) is 1. The third kappa shape index (κ3) is 3.17. The first-order chi connectivity index (χ1) is 8.79. The van der Waals surface area contributed by atoms with Crippen LogP contribution < -0.4 is 4.74 Å². The van der Waals surface area contributed by atoms with Crippen LogP contribution >= 0.6 is 0 Å². The molecule has 2 rings (SSSR count). The first kappa shape index (κ1) is 12.3. The number of aryl methyl sites for hydroxylation is 1. The molecule has 0 aliphatic rings. The first-order valence-electron chi connectivity index (χ1n) is 5.87. The van der Waals surface area contributed by atoms with Crippen molar-refractivity contribution in [3.8, 4) is 5.75 Å². The fourth-order valence-corrected chi connectivity index (χ4v) is 1.71. The van der Waals surface area contributed by atoms with E-state index in [2.05, 4.69) is 4.98 Å². The van der Waals surface area contributed by atoms with E-state index in [9.17, 15) is 4.79 Å². The van der Waals surface area contributed by atoms with E-state index in [0.717, 1.165) is 17.7 Å². The molecule has 92 valence electrons. The Morgan fingerprint density at radius 1 is 1.17 bits per heavy atom. The van der Waals surface area contributed by atoms with Gasteiger partial charge in [0.25, 0.3) is 0 Å². The van der Waals surface area contributed by atoms with Gasteiger partial charge in [0.2, 0.25) is 0 Å². The van der Waals surface area contributed by atoms with Gasteiger partial charge in [-0.2, -0.15) is 0 Å². The predicted molar refractivity (Wildman–Crippen MR) is 69.9 cm³/mol. The van der Waals surface area contributed by atoms with Crippen LogP contribution in [-0.4, -0.2) is 17.9 Å². The number of ketones is 1. The fourth-order valence-electron chi connectivity index (χ4n) is 1.71. The van der Waals surface area contributed by atoms with E-state index in [0.29, 0.717) is 12.1 Å². The van der Waals surface area contributed by atoms with Crippen molar-refractivity contribution in [2.45, 2.75) is 12.8 Å². The largest absolute Gasteiger partial charge is 0.497 e. The first-order valence-corrected chi connectivity index (χ1v) is 5.87. The molecular weight excluding hydrogens is 226 g/mol. The topological polar surface area (TPSA) is 39.2 Å². The zero-order valence-corrected chi connectivity index (χ0v) is 10.3. The number of Topliss-reactive ketones (excluding diaryl/α,β-unsaturated/α-hetero) is 1. The molecule has 0 atom stereocenters. The van der Waals surface area contributed by atoms with Crippen LogP contribution in [0.15, 0.2) is 48.7 Å². The molecular formula is C15H15NO2. The molecule has 0 unspecified atom stereocenters. The van der Waals surface area contributed by atoms with Crippen molar-refractivity contribution in [3.63, 3.8) is 0 Å². The van der Waals surface area contributed by atoms with Crippen LogP contribution in [0.25, 0.3) is 0 Å². The number of carbonyl (C=O) groups excluding carboxylic acids is 1.